The first-order valence-electron chi connectivity index (χ1n) is 12.3. The van der Waals surface area contributed by atoms with Crippen molar-refractivity contribution in [3.8, 4) is 17.1 Å². The zero-order chi connectivity index (χ0) is 25.7. The molecule has 6 rings (SSSR count). The normalized spacial score (nSPS) is 15.5. The molecule has 6 heteroatoms. The van der Waals surface area contributed by atoms with Gasteiger partial charge in [-0.15, -0.1) is 0 Å². The van der Waals surface area contributed by atoms with E-state index >= 15 is 0 Å². The van der Waals surface area contributed by atoms with Crippen LogP contribution in [0.5, 0.6) is 0 Å². The van der Waals surface area contributed by atoms with E-state index in [-0.39, 0.29) is 11.8 Å². The molecule has 0 N–H and O–H groups in total. The Labute approximate surface area is 214 Å². The maximum Gasteiger partial charge on any atom is 0.261 e. The Morgan fingerprint density at radius 2 is 1.59 bits per heavy atom. The molecule has 2 aromatic heterocycles. The third-order valence-corrected chi connectivity index (χ3v) is 7.03. The van der Waals surface area contributed by atoms with E-state index < -0.39 is 0 Å². The molecular formula is C31H25N3O3. The monoisotopic (exact) mass is 487 g/mol. The summed E-state index contributed by atoms with van der Waals surface area (Å²) in [5, 5.41) is 2.18. The van der Waals surface area contributed by atoms with E-state index in [0.717, 1.165) is 27.7 Å². The molecule has 0 saturated heterocycles. The fourth-order valence-electron chi connectivity index (χ4n) is 4.95. The minimum absolute atomic E-state index is 0.240. The SMILES string of the molecule is CCN1C(=O)C(C)=C(C)/C(=C/c2cc3oc(-c4cccc5ccccc45)nc3n2-c2ccccc2)C1=O. The Balaban J connectivity index is 1.57. The Hall–Kier alpha value is -4.71. The number of hydrogen-bond donors (Lipinski definition) is 0. The summed E-state index contributed by atoms with van der Waals surface area (Å²) in [5.74, 6) is 0.00212. The minimum Gasteiger partial charge on any atom is -0.434 e. The average Bonchev–Trinajstić information content (AvgIpc) is 3.48. The molecular weight excluding hydrogens is 462 g/mol. The largest absolute Gasteiger partial charge is 0.434 e. The summed E-state index contributed by atoms with van der Waals surface area (Å²) < 4.78 is 8.29. The van der Waals surface area contributed by atoms with Gasteiger partial charge in [-0.2, -0.15) is 4.98 Å². The van der Waals surface area contributed by atoms with Crippen LogP contribution in [-0.4, -0.2) is 32.8 Å². The van der Waals surface area contributed by atoms with Crippen LogP contribution in [0.4, 0.5) is 0 Å². The van der Waals surface area contributed by atoms with Gasteiger partial charge in [0, 0.05) is 35.0 Å². The van der Waals surface area contributed by atoms with Crippen LogP contribution in [0.2, 0.25) is 0 Å². The number of hydrogen-bond acceptors (Lipinski definition) is 4. The molecule has 5 aromatic rings. The maximum absolute atomic E-state index is 13.2. The number of para-hydroxylation sites is 1. The van der Waals surface area contributed by atoms with Gasteiger partial charge in [0.05, 0.1) is 5.69 Å². The van der Waals surface area contributed by atoms with E-state index in [1.165, 1.54) is 4.90 Å². The Morgan fingerprint density at radius 1 is 0.865 bits per heavy atom. The zero-order valence-corrected chi connectivity index (χ0v) is 20.9. The maximum atomic E-state index is 13.2. The lowest BCUT2D eigenvalue weighted by Gasteiger charge is -2.27. The molecule has 0 saturated carbocycles. The number of nitrogens with zero attached hydrogens (tertiary/aromatic N) is 3. The number of fused-ring (bicyclic) bond motifs is 2. The van der Waals surface area contributed by atoms with Crippen LogP contribution in [0.25, 0.3) is 45.2 Å². The van der Waals surface area contributed by atoms with Gasteiger partial charge in [-0.05, 0) is 61.4 Å². The summed E-state index contributed by atoms with van der Waals surface area (Å²) in [6, 6.07) is 26.0. The number of carbonyl (C=O) groups is 2. The summed E-state index contributed by atoms with van der Waals surface area (Å²) in [7, 11) is 0. The minimum atomic E-state index is -0.294. The molecule has 1 aliphatic rings. The van der Waals surface area contributed by atoms with Crippen molar-refractivity contribution < 1.29 is 14.0 Å². The number of oxazole rings is 1. The molecule has 3 aromatic carbocycles. The lowest BCUT2D eigenvalue weighted by molar-refractivity contribution is -0.140. The van der Waals surface area contributed by atoms with E-state index in [0.29, 0.717) is 40.4 Å². The van der Waals surface area contributed by atoms with E-state index in [1.807, 2.05) is 78.2 Å². The van der Waals surface area contributed by atoms with Crippen LogP contribution in [0.15, 0.2) is 100.0 Å². The van der Waals surface area contributed by atoms with Crippen LogP contribution in [-0.2, 0) is 9.59 Å². The van der Waals surface area contributed by atoms with E-state index in [1.54, 1.807) is 13.8 Å². The Morgan fingerprint density at radius 3 is 2.38 bits per heavy atom. The number of likely N-dealkylation sites (N-methyl/N-ethyl adjacent to an activating group) is 1. The van der Waals surface area contributed by atoms with Crippen molar-refractivity contribution in [3.63, 3.8) is 0 Å². The lowest BCUT2D eigenvalue weighted by atomic mass is 9.95. The average molecular weight is 488 g/mol. The Kier molecular flexibility index (Phi) is 5.37. The lowest BCUT2D eigenvalue weighted by Crippen LogP contribution is -2.42. The van der Waals surface area contributed by atoms with Crippen LogP contribution < -0.4 is 0 Å². The van der Waals surface area contributed by atoms with Gasteiger partial charge >= 0.3 is 0 Å². The molecule has 0 spiro atoms. The van der Waals surface area contributed by atoms with Crippen molar-refractivity contribution in [1.29, 1.82) is 0 Å². The molecule has 1 aliphatic heterocycles. The van der Waals surface area contributed by atoms with Crippen LogP contribution in [0.3, 0.4) is 0 Å². The molecule has 0 fully saturated rings. The highest BCUT2D eigenvalue weighted by Crippen LogP contribution is 2.35. The molecule has 3 heterocycles. The van der Waals surface area contributed by atoms with Crippen molar-refractivity contribution in [1.82, 2.24) is 14.5 Å². The summed E-state index contributed by atoms with van der Waals surface area (Å²) >= 11 is 0. The molecule has 0 unspecified atom stereocenters. The highest BCUT2D eigenvalue weighted by Gasteiger charge is 2.32. The van der Waals surface area contributed by atoms with Crippen molar-refractivity contribution in [2.24, 2.45) is 0 Å². The predicted molar refractivity (Wildman–Crippen MR) is 145 cm³/mol. The molecule has 0 atom stereocenters. The second kappa shape index (κ2) is 8.75. The number of aromatic nitrogens is 2. The topological polar surface area (TPSA) is 68.3 Å². The van der Waals surface area contributed by atoms with Gasteiger partial charge in [0.25, 0.3) is 11.8 Å². The van der Waals surface area contributed by atoms with Gasteiger partial charge in [-0.3, -0.25) is 19.1 Å². The fourth-order valence-corrected chi connectivity index (χ4v) is 4.95. The number of rotatable bonds is 4. The molecule has 0 aliphatic carbocycles. The quantitative estimate of drug-likeness (QED) is 0.213. The van der Waals surface area contributed by atoms with Crippen molar-refractivity contribution in [2.75, 3.05) is 6.54 Å². The zero-order valence-electron chi connectivity index (χ0n) is 20.9. The summed E-state index contributed by atoms with van der Waals surface area (Å²) in [6.07, 6.45) is 1.83. The van der Waals surface area contributed by atoms with E-state index in [4.69, 9.17) is 9.40 Å². The first kappa shape index (κ1) is 22.7. The van der Waals surface area contributed by atoms with E-state index in [9.17, 15) is 9.59 Å². The van der Waals surface area contributed by atoms with Gasteiger partial charge in [0.1, 0.15) is 0 Å². The molecule has 182 valence electrons. The molecule has 0 bridgehead atoms. The van der Waals surface area contributed by atoms with Crippen molar-refractivity contribution >= 4 is 39.9 Å². The number of carbonyl (C=O) groups excluding carboxylic acids is 2. The molecule has 37 heavy (non-hydrogen) atoms. The number of amides is 2. The standard InChI is InChI=1S/C31H25N3O3/c1-4-33-30(35)20(3)19(2)26(31(33)36)17-23-18-27-28(34(23)22-13-6-5-7-14-22)32-29(37-27)25-16-10-12-21-11-8-9-15-24(21)25/h5-18H,4H2,1-3H3/b26-17-. The van der Waals surface area contributed by atoms with Crippen LogP contribution in [0.1, 0.15) is 26.5 Å². The second-order valence-electron chi connectivity index (χ2n) is 9.14. The second-order valence-corrected chi connectivity index (χ2v) is 9.14. The van der Waals surface area contributed by atoms with Crippen molar-refractivity contribution in [3.05, 3.63) is 101 Å². The number of benzene rings is 3. The van der Waals surface area contributed by atoms with Crippen molar-refractivity contribution in [2.45, 2.75) is 20.8 Å². The van der Waals surface area contributed by atoms with Gasteiger partial charge < -0.3 is 4.42 Å². The molecule has 0 radical (unpaired) electrons. The van der Waals surface area contributed by atoms with Crippen LogP contribution in [0, 0.1) is 0 Å². The molecule has 2 amide bonds. The highest BCUT2D eigenvalue weighted by atomic mass is 16.3. The van der Waals surface area contributed by atoms with Crippen LogP contribution >= 0.6 is 0 Å². The fraction of sp³-hybridized carbons (Fsp3) is 0.129. The summed E-state index contributed by atoms with van der Waals surface area (Å²) in [5.41, 5.74) is 5.58. The molecule has 6 nitrogen and oxygen atoms in total. The predicted octanol–water partition coefficient (Wildman–Crippen LogP) is 6.55. The van der Waals surface area contributed by atoms with Gasteiger partial charge in [0.15, 0.2) is 11.2 Å². The first-order chi connectivity index (χ1) is 18.0. The summed E-state index contributed by atoms with van der Waals surface area (Å²) in [4.78, 5) is 32.1. The smallest absolute Gasteiger partial charge is 0.261 e. The Bertz CT molecular complexity index is 1760. The summed E-state index contributed by atoms with van der Waals surface area (Å²) in [6.45, 7) is 5.71. The first-order valence-corrected chi connectivity index (χ1v) is 12.3. The van der Waals surface area contributed by atoms with Gasteiger partial charge in [0.2, 0.25) is 5.89 Å². The third kappa shape index (κ3) is 3.61. The number of imide groups is 1. The van der Waals surface area contributed by atoms with Gasteiger partial charge in [-0.25, -0.2) is 0 Å². The van der Waals surface area contributed by atoms with Gasteiger partial charge in [-0.1, -0.05) is 54.6 Å². The third-order valence-electron chi connectivity index (χ3n) is 7.03. The van der Waals surface area contributed by atoms with E-state index in [2.05, 4.69) is 18.2 Å². The highest BCUT2D eigenvalue weighted by molar-refractivity contribution is 6.18.